The Balaban J connectivity index is 1.81. The van der Waals surface area contributed by atoms with E-state index in [2.05, 4.69) is 4.98 Å². The van der Waals surface area contributed by atoms with E-state index in [1.54, 1.807) is 12.1 Å². The SMILES string of the molecule is COc1ccc(-c2cc(F)c(N(C)CCC(C=O)CO)c(F)c2)nc1OCC1CC1. The molecule has 0 saturated heterocycles. The number of carbonyl (C=O) groups excluding carboxylic acids is 1. The van der Waals surface area contributed by atoms with Crippen molar-refractivity contribution < 1.29 is 28.2 Å². The Morgan fingerprint density at radius 2 is 2.00 bits per heavy atom. The van der Waals surface area contributed by atoms with E-state index in [1.807, 2.05) is 0 Å². The molecule has 1 aliphatic rings. The fraction of sp³-hybridized carbons (Fsp3) is 0.455. The lowest BCUT2D eigenvalue weighted by Crippen LogP contribution is -2.24. The minimum atomic E-state index is -0.739. The third-order valence-electron chi connectivity index (χ3n) is 5.15. The second-order valence-corrected chi connectivity index (χ2v) is 7.54. The van der Waals surface area contributed by atoms with Crippen LogP contribution in [0.25, 0.3) is 11.3 Å². The number of anilines is 1. The smallest absolute Gasteiger partial charge is 0.257 e. The molecule has 1 saturated carbocycles. The average Bonchev–Trinajstić information content (AvgIpc) is 3.56. The molecule has 0 amide bonds. The van der Waals surface area contributed by atoms with Gasteiger partial charge in [-0.15, -0.1) is 0 Å². The van der Waals surface area contributed by atoms with Gasteiger partial charge in [-0.2, -0.15) is 0 Å². The summed E-state index contributed by atoms with van der Waals surface area (Å²) in [6.45, 7) is 0.460. The van der Waals surface area contributed by atoms with Crippen LogP contribution in [-0.2, 0) is 4.79 Å². The molecule has 162 valence electrons. The van der Waals surface area contributed by atoms with E-state index in [4.69, 9.17) is 14.6 Å². The van der Waals surface area contributed by atoms with Crippen LogP contribution in [-0.4, -0.2) is 50.3 Å². The van der Waals surface area contributed by atoms with Gasteiger partial charge in [0.05, 0.1) is 26.0 Å². The standard InChI is InChI=1S/C22H26F2N2O4/c1-26(8-7-15(11-27)12-28)21-17(23)9-16(10-18(21)24)19-5-6-20(29-2)22(25-19)30-13-14-3-4-14/h5-6,9-11,14-15,28H,3-4,7-8,12-13H2,1-2H3. The molecule has 1 fully saturated rings. The van der Waals surface area contributed by atoms with Crippen LogP contribution in [0.2, 0.25) is 0 Å². The number of benzene rings is 1. The number of carbonyl (C=O) groups is 1. The first-order chi connectivity index (χ1) is 14.5. The summed E-state index contributed by atoms with van der Waals surface area (Å²) in [6, 6.07) is 5.72. The topological polar surface area (TPSA) is 71.9 Å². The summed E-state index contributed by atoms with van der Waals surface area (Å²) < 4.78 is 40.5. The minimum Gasteiger partial charge on any atom is -0.491 e. The van der Waals surface area contributed by atoms with E-state index in [0.717, 1.165) is 12.8 Å². The Morgan fingerprint density at radius 3 is 2.57 bits per heavy atom. The minimum absolute atomic E-state index is 0.194. The van der Waals surface area contributed by atoms with E-state index < -0.39 is 17.6 Å². The molecular formula is C22H26F2N2O4. The molecule has 6 nitrogen and oxygen atoms in total. The molecule has 2 aromatic rings. The molecule has 1 aromatic heterocycles. The van der Waals surface area contributed by atoms with E-state index in [-0.39, 0.29) is 24.4 Å². The second kappa shape index (κ2) is 9.84. The summed E-state index contributed by atoms with van der Waals surface area (Å²) >= 11 is 0. The van der Waals surface area contributed by atoms with Crippen molar-refractivity contribution >= 4 is 12.0 Å². The van der Waals surface area contributed by atoms with Crippen molar-refractivity contribution in [2.45, 2.75) is 19.3 Å². The molecular weight excluding hydrogens is 394 g/mol. The van der Waals surface area contributed by atoms with Gasteiger partial charge in [0.15, 0.2) is 5.75 Å². The number of nitrogens with zero attached hydrogens (tertiary/aromatic N) is 2. The zero-order valence-electron chi connectivity index (χ0n) is 17.1. The van der Waals surface area contributed by atoms with Gasteiger partial charge in [0.1, 0.15) is 23.6 Å². The quantitative estimate of drug-likeness (QED) is 0.562. The molecule has 1 N–H and O–H groups in total. The van der Waals surface area contributed by atoms with Gasteiger partial charge in [-0.25, -0.2) is 13.8 Å². The Labute approximate surface area is 174 Å². The van der Waals surface area contributed by atoms with Crippen LogP contribution in [0.5, 0.6) is 11.6 Å². The lowest BCUT2D eigenvalue weighted by molar-refractivity contribution is -0.112. The molecule has 1 atom stereocenters. The largest absolute Gasteiger partial charge is 0.491 e. The molecule has 1 heterocycles. The van der Waals surface area contributed by atoms with Gasteiger partial charge in [0, 0.05) is 25.1 Å². The van der Waals surface area contributed by atoms with Gasteiger partial charge in [0.25, 0.3) is 5.88 Å². The molecule has 3 rings (SSSR count). The first-order valence-electron chi connectivity index (χ1n) is 9.91. The normalized spacial score (nSPS) is 14.3. The number of methoxy groups -OCH3 is 1. The van der Waals surface area contributed by atoms with Gasteiger partial charge < -0.3 is 24.3 Å². The Hall–Kier alpha value is -2.74. The highest BCUT2D eigenvalue weighted by atomic mass is 19.1. The monoisotopic (exact) mass is 420 g/mol. The predicted octanol–water partition coefficient (Wildman–Crippen LogP) is 3.46. The first-order valence-corrected chi connectivity index (χ1v) is 9.91. The lowest BCUT2D eigenvalue weighted by atomic mass is 10.1. The van der Waals surface area contributed by atoms with E-state index in [9.17, 15) is 13.6 Å². The van der Waals surface area contributed by atoms with Gasteiger partial charge >= 0.3 is 0 Å². The molecule has 0 spiro atoms. The average molecular weight is 420 g/mol. The van der Waals surface area contributed by atoms with Crippen molar-refractivity contribution in [2.24, 2.45) is 11.8 Å². The number of rotatable bonds is 11. The number of pyridine rings is 1. The third-order valence-corrected chi connectivity index (χ3v) is 5.15. The van der Waals surface area contributed by atoms with E-state index in [1.165, 1.54) is 31.2 Å². The van der Waals surface area contributed by atoms with Crippen LogP contribution in [0.4, 0.5) is 14.5 Å². The summed E-state index contributed by atoms with van der Waals surface area (Å²) in [7, 11) is 3.05. The van der Waals surface area contributed by atoms with Crippen molar-refractivity contribution in [1.82, 2.24) is 4.98 Å². The predicted molar refractivity (Wildman–Crippen MR) is 109 cm³/mol. The molecule has 1 unspecified atom stereocenters. The number of aromatic nitrogens is 1. The first kappa shape index (κ1) is 22.0. The zero-order chi connectivity index (χ0) is 21.7. The molecule has 1 aromatic carbocycles. The number of ether oxygens (including phenoxy) is 2. The van der Waals surface area contributed by atoms with Crippen molar-refractivity contribution in [2.75, 3.05) is 38.8 Å². The number of aliphatic hydroxyl groups is 1. The third kappa shape index (κ3) is 5.24. The number of hydrogen-bond donors (Lipinski definition) is 1. The molecule has 0 bridgehead atoms. The van der Waals surface area contributed by atoms with Crippen LogP contribution < -0.4 is 14.4 Å². The Bertz CT molecular complexity index is 866. The van der Waals surface area contributed by atoms with E-state index in [0.29, 0.717) is 42.6 Å². The van der Waals surface area contributed by atoms with Crippen molar-refractivity contribution in [3.8, 4) is 22.9 Å². The van der Waals surface area contributed by atoms with Crippen molar-refractivity contribution in [1.29, 1.82) is 0 Å². The number of aliphatic hydroxyl groups excluding tert-OH is 1. The van der Waals surface area contributed by atoms with Crippen molar-refractivity contribution in [3.63, 3.8) is 0 Å². The highest BCUT2D eigenvalue weighted by Crippen LogP contribution is 2.34. The fourth-order valence-electron chi connectivity index (χ4n) is 3.08. The molecule has 0 radical (unpaired) electrons. The zero-order valence-corrected chi connectivity index (χ0v) is 17.1. The number of aldehydes is 1. The van der Waals surface area contributed by atoms with E-state index >= 15 is 0 Å². The summed E-state index contributed by atoms with van der Waals surface area (Å²) in [4.78, 5) is 16.6. The number of halogens is 2. The van der Waals surface area contributed by atoms with Gasteiger partial charge in [-0.05, 0) is 49.4 Å². The summed E-state index contributed by atoms with van der Waals surface area (Å²) in [5, 5.41) is 9.09. The molecule has 30 heavy (non-hydrogen) atoms. The Kier molecular flexibility index (Phi) is 7.20. The van der Waals surface area contributed by atoms with Crippen LogP contribution in [0.1, 0.15) is 19.3 Å². The van der Waals surface area contributed by atoms with Crippen LogP contribution >= 0.6 is 0 Å². The maximum Gasteiger partial charge on any atom is 0.257 e. The highest BCUT2D eigenvalue weighted by molar-refractivity contribution is 5.66. The van der Waals surface area contributed by atoms with Gasteiger partial charge in [0.2, 0.25) is 0 Å². The summed E-state index contributed by atoms with van der Waals surface area (Å²) in [5.41, 5.74) is 0.456. The molecule has 1 aliphatic carbocycles. The lowest BCUT2D eigenvalue weighted by Gasteiger charge is -2.22. The maximum absolute atomic E-state index is 14.8. The maximum atomic E-state index is 14.8. The van der Waals surface area contributed by atoms with Crippen LogP contribution in [0, 0.1) is 23.5 Å². The summed E-state index contributed by atoms with van der Waals surface area (Å²) in [5.74, 6) is -0.752. The Morgan fingerprint density at radius 1 is 1.30 bits per heavy atom. The van der Waals surface area contributed by atoms with Gasteiger partial charge in [-0.1, -0.05) is 0 Å². The summed E-state index contributed by atoms with van der Waals surface area (Å²) in [6.07, 6.45) is 3.18. The van der Waals surface area contributed by atoms with Crippen LogP contribution in [0.15, 0.2) is 24.3 Å². The molecule has 8 heteroatoms. The fourth-order valence-corrected chi connectivity index (χ4v) is 3.08. The van der Waals surface area contributed by atoms with Crippen LogP contribution in [0.3, 0.4) is 0 Å². The van der Waals surface area contributed by atoms with Crippen molar-refractivity contribution in [3.05, 3.63) is 35.9 Å². The highest BCUT2D eigenvalue weighted by Gasteiger charge is 2.23. The van der Waals surface area contributed by atoms with Gasteiger partial charge in [-0.3, -0.25) is 0 Å². The second-order valence-electron chi connectivity index (χ2n) is 7.54. The molecule has 0 aliphatic heterocycles. The number of hydrogen-bond acceptors (Lipinski definition) is 6.